The Morgan fingerprint density at radius 2 is 0.697 bits per heavy atom. The molecule has 4 unspecified atom stereocenters. The highest BCUT2D eigenvalue weighted by Crippen LogP contribution is 2.22. The van der Waals surface area contributed by atoms with Crippen LogP contribution >= 0.6 is 0 Å². The second-order valence-corrected chi connectivity index (χ2v) is 35.2. The summed E-state index contributed by atoms with van der Waals surface area (Å²) in [5.74, 6) is 6.25. The van der Waals surface area contributed by atoms with Crippen LogP contribution in [0.2, 0.25) is 0 Å². The summed E-state index contributed by atoms with van der Waals surface area (Å²) < 4.78 is 100. The first kappa shape index (κ1) is 124. The van der Waals surface area contributed by atoms with Crippen molar-refractivity contribution in [3.8, 4) is 17.2 Å². The summed E-state index contributed by atoms with van der Waals surface area (Å²) >= 11 is 0. The lowest BCUT2D eigenvalue weighted by molar-refractivity contribution is -0.119. The van der Waals surface area contributed by atoms with Crippen LogP contribution in [0.4, 0.5) is 0 Å². The fourth-order valence-corrected chi connectivity index (χ4v) is 11.5. The van der Waals surface area contributed by atoms with Gasteiger partial charge in [0.05, 0.1) is 132 Å². The van der Waals surface area contributed by atoms with Crippen molar-refractivity contribution >= 4 is 17.6 Å². The molecule has 132 heavy (non-hydrogen) atoms. The molecule has 0 aliphatic rings. The lowest BCUT2D eigenvalue weighted by Gasteiger charge is -2.25. The van der Waals surface area contributed by atoms with E-state index in [0.717, 1.165) is 109 Å². The minimum Gasteiger partial charge on any atom is -0.491 e. The third-order valence-corrected chi connectivity index (χ3v) is 18.7. The van der Waals surface area contributed by atoms with Gasteiger partial charge in [-0.3, -0.25) is 14.4 Å². The minimum atomic E-state index is -1.21. The average Bonchev–Trinajstić information content (AvgIpc) is 0.880. The van der Waals surface area contributed by atoms with E-state index in [2.05, 4.69) is 162 Å². The second-order valence-electron chi connectivity index (χ2n) is 35.2. The van der Waals surface area contributed by atoms with Crippen molar-refractivity contribution in [2.45, 2.75) is 245 Å². The predicted octanol–water partition coefficient (Wildman–Crippen LogP) is 21.0. The molecule has 0 bridgehead atoms. The summed E-state index contributed by atoms with van der Waals surface area (Å²) in [6, 6.07) is 21.0. The molecule has 0 saturated heterocycles. The summed E-state index contributed by atoms with van der Waals surface area (Å²) in [7, 11) is 0. The van der Waals surface area contributed by atoms with E-state index in [1.165, 1.54) is 19.3 Å². The molecular weight excluding hydrogens is 1700 g/mol. The highest BCUT2D eigenvalue weighted by molar-refractivity contribution is 5.95. The van der Waals surface area contributed by atoms with E-state index in [4.69, 9.17) is 107 Å². The molecule has 754 valence electrons. The van der Waals surface area contributed by atoms with Crippen molar-refractivity contribution < 1.29 is 99.6 Å². The number of nitrogens with one attached hydrogen (secondary N) is 2. The number of carbonyl (C=O) groups is 3. The normalized spacial score (nSPS) is 12.3. The van der Waals surface area contributed by atoms with Crippen LogP contribution in [-0.4, -0.2) is 247 Å². The van der Waals surface area contributed by atoms with Gasteiger partial charge in [0.15, 0.2) is 18.2 Å². The van der Waals surface area contributed by atoms with Crippen molar-refractivity contribution in [3.05, 3.63) is 131 Å². The van der Waals surface area contributed by atoms with Gasteiger partial charge in [0.2, 0.25) is 0 Å². The molecule has 0 radical (unpaired) electrons. The maximum Gasteiger partial charge on any atom is 0.251 e. The first-order valence-corrected chi connectivity index (χ1v) is 47.9. The summed E-state index contributed by atoms with van der Waals surface area (Å²) in [6.45, 7) is 50.7. The van der Waals surface area contributed by atoms with Crippen LogP contribution < -0.4 is 24.8 Å². The van der Waals surface area contributed by atoms with Crippen LogP contribution in [0.3, 0.4) is 0 Å². The molecule has 0 aliphatic carbocycles. The Balaban J connectivity index is 0.00000176. The van der Waals surface area contributed by atoms with Crippen LogP contribution in [0, 0.1) is 47.3 Å². The van der Waals surface area contributed by atoms with Gasteiger partial charge in [0, 0.05) is 96.3 Å². The lowest BCUT2D eigenvalue weighted by atomic mass is 10.1. The van der Waals surface area contributed by atoms with E-state index in [1.54, 1.807) is 61.5 Å². The van der Waals surface area contributed by atoms with Gasteiger partial charge in [-0.15, -0.1) is 0 Å². The summed E-state index contributed by atoms with van der Waals surface area (Å²) in [5.41, 5.74) is 35.7. The molecule has 0 aliphatic heterocycles. The first-order valence-electron chi connectivity index (χ1n) is 47.9. The number of amides is 2. The molecule has 2 amide bonds. The SMILES string of the molecule is CC(C)CCCCC(N=[N+]=[N-])OCCOCCOCCC(C)C.CC(C)CCCCOCCOCCOCCNC(=O)c1cccc(OCC(C)(N=[N+]=[N-])OCCOCC(C)C)c1.CC(C)CCCNC(=O)c1cccc(OCC(N=[N+]=[N-])OCCOCCOCCCC(C)C)c1.CC(C)CCCOCCOCCC(=O)Cc1cccc(OCC(N=[N+]=[N-])OCCOCC(C)C)c1. The van der Waals surface area contributed by atoms with Crippen LogP contribution in [0.5, 0.6) is 17.2 Å². The summed E-state index contributed by atoms with van der Waals surface area (Å²) in [4.78, 5) is 48.5. The van der Waals surface area contributed by atoms with Crippen LogP contribution in [-0.2, 0) is 82.3 Å². The van der Waals surface area contributed by atoms with E-state index in [9.17, 15) is 14.4 Å². The number of ether oxygens (including phenoxy) is 18. The number of hydrogen-bond donors (Lipinski definition) is 2. The van der Waals surface area contributed by atoms with Gasteiger partial charge in [-0.2, -0.15) is 0 Å². The van der Waals surface area contributed by atoms with E-state index in [1.807, 2.05) is 18.2 Å². The Hall–Kier alpha value is -7.69. The fourth-order valence-electron chi connectivity index (χ4n) is 11.5. The van der Waals surface area contributed by atoms with Gasteiger partial charge in [0.1, 0.15) is 49.1 Å². The average molecular weight is 1870 g/mol. The zero-order valence-corrected chi connectivity index (χ0v) is 83.5. The van der Waals surface area contributed by atoms with E-state index in [0.29, 0.717) is 228 Å². The molecule has 0 heterocycles. The van der Waals surface area contributed by atoms with Gasteiger partial charge in [0.25, 0.3) is 11.8 Å². The number of hydrogen-bond acceptors (Lipinski definition) is 25. The Morgan fingerprint density at radius 3 is 1.17 bits per heavy atom. The Morgan fingerprint density at radius 1 is 0.333 bits per heavy atom. The third-order valence-electron chi connectivity index (χ3n) is 18.7. The molecule has 35 nitrogen and oxygen atoms in total. The van der Waals surface area contributed by atoms with Crippen LogP contribution in [0.1, 0.15) is 240 Å². The second kappa shape index (κ2) is 87.4. The zero-order chi connectivity index (χ0) is 97.6. The van der Waals surface area contributed by atoms with Crippen molar-refractivity contribution in [2.24, 2.45) is 67.8 Å². The number of unbranched alkanes of at least 4 members (excludes halogenated alkanes) is 2. The topological polar surface area (TPSA) is 436 Å². The van der Waals surface area contributed by atoms with Crippen molar-refractivity contribution in [1.82, 2.24) is 10.6 Å². The highest BCUT2D eigenvalue weighted by atomic mass is 16.6. The largest absolute Gasteiger partial charge is 0.491 e. The molecule has 4 atom stereocenters. The maximum atomic E-state index is 12.5. The van der Waals surface area contributed by atoms with Gasteiger partial charge < -0.3 is 95.9 Å². The standard InChI is InChI=1S/C29H50N4O7.C26H43N3O6.C25H42N4O5.C17H35N3O3/c1-24(2)9-6-7-13-35-15-17-37-18-16-36-14-12-31-28(34)26-10-8-11-27(21-26)39-23-29(5,32-33-30)40-20-19-38-22-25(3)4;1-21(2)7-6-11-31-13-14-32-12-10-24(30)17-23-8-5-9-25(18-23)35-20-26(28-29-27)34-16-15-33-19-22(3)4;1-20(2)8-6-12-27-25(30)22-10-5-11-23(18-22)34-19-24(28-29-26)33-17-16-32-15-14-31-13-7-9-21(3)4;1-15(2)7-5-6-8-17(19-20-18)23-14-13-22-12-11-21-10-9-16(3)4/h8,10-11,21,24-25H,6-7,9,12-20,22-23H2,1-5H3,(H,31,34);5,8-9,18,21-22,26H,6-7,10-17,19-20H2,1-4H3;5,10-11,18,20-21,24H,6-9,12-17,19H2,1-4H3,(H,27,30);15-17H,5-14H2,1-4H3. The van der Waals surface area contributed by atoms with Gasteiger partial charge >= 0.3 is 0 Å². The molecule has 0 saturated carbocycles. The number of benzene rings is 3. The highest BCUT2D eigenvalue weighted by Gasteiger charge is 2.26. The summed E-state index contributed by atoms with van der Waals surface area (Å²) in [6.07, 6.45) is 13.9. The molecule has 3 rings (SSSR count). The molecule has 3 aromatic carbocycles. The summed E-state index contributed by atoms with van der Waals surface area (Å²) in [5, 5.41) is 20.4. The van der Waals surface area contributed by atoms with Crippen molar-refractivity contribution in [1.29, 1.82) is 0 Å². The number of azide groups is 4. The molecule has 2 N–H and O–H groups in total. The van der Waals surface area contributed by atoms with E-state index < -0.39 is 18.2 Å². The van der Waals surface area contributed by atoms with E-state index >= 15 is 0 Å². The van der Waals surface area contributed by atoms with Gasteiger partial charge in [-0.1, -0.05) is 188 Å². The smallest absolute Gasteiger partial charge is 0.251 e. The fraction of sp³-hybridized carbons (Fsp3) is 0.784. The maximum absolute atomic E-state index is 12.5. The Bertz CT molecular complexity index is 3470. The zero-order valence-electron chi connectivity index (χ0n) is 83.5. The van der Waals surface area contributed by atoms with Gasteiger partial charge in [-0.05, 0) is 188 Å². The van der Waals surface area contributed by atoms with Crippen LogP contribution in [0.15, 0.2) is 93.3 Å². The van der Waals surface area contributed by atoms with Gasteiger partial charge in [-0.25, -0.2) is 0 Å². The Kier molecular flexibility index (Phi) is 82.3. The van der Waals surface area contributed by atoms with Crippen LogP contribution in [0.25, 0.3) is 41.8 Å². The molecule has 0 spiro atoms. The minimum absolute atomic E-state index is 0.0212. The molecular formula is C97H170N14O21. The number of carbonyl (C=O) groups excluding carboxylic acids is 3. The molecule has 3 aromatic rings. The van der Waals surface area contributed by atoms with E-state index in [-0.39, 0.29) is 56.9 Å². The van der Waals surface area contributed by atoms with Crippen molar-refractivity contribution in [3.63, 3.8) is 0 Å². The number of nitrogens with zero attached hydrogens (tertiary/aromatic N) is 12. The monoisotopic (exact) mass is 1870 g/mol. The quantitative estimate of drug-likeness (QED) is 0.0229. The molecule has 35 heteroatoms. The third kappa shape index (κ3) is 81.8. The number of Topliss-reactive ketones (excluding diaryl/α,β-unsaturated/α-hetero) is 1. The Labute approximate surface area is 790 Å². The molecule has 0 fully saturated rings. The van der Waals surface area contributed by atoms with Crippen molar-refractivity contribution in [2.75, 3.05) is 205 Å². The number of ketones is 1. The number of rotatable bonds is 83. The first-order chi connectivity index (χ1) is 63.6. The molecule has 0 aromatic heterocycles. The lowest BCUT2D eigenvalue weighted by Crippen LogP contribution is -2.34. The predicted molar refractivity (Wildman–Crippen MR) is 516 cm³/mol.